The lowest BCUT2D eigenvalue weighted by Gasteiger charge is -2.43. The first kappa shape index (κ1) is 21.8. The molecule has 1 saturated heterocycles. The first-order valence-corrected chi connectivity index (χ1v) is 10.3. The van der Waals surface area contributed by atoms with Crippen LogP contribution in [-0.4, -0.2) is 61.9 Å². The number of nitriles is 1. The molecule has 0 saturated carbocycles. The molecule has 0 aromatic heterocycles. The minimum atomic E-state index is -0.911. The van der Waals surface area contributed by atoms with E-state index in [-0.39, 0.29) is 5.60 Å². The Morgan fingerprint density at radius 1 is 1.17 bits per heavy atom. The highest BCUT2D eigenvalue weighted by Gasteiger charge is 2.35. The highest BCUT2D eigenvalue weighted by Crippen LogP contribution is 2.28. The standard InChI is InChI=1S/C24H29N3O3/c1-26(22-9-7-21(8-10-22)23(28)29)18-24(30-2)12-15-27(16-13-24)14-11-19-3-5-20(17-25)6-4-19/h3-10H,11-16,18H2,1-2H3,(H,28,29). The molecule has 3 rings (SSSR count). The van der Waals surface area contributed by atoms with Crippen molar-refractivity contribution in [3.05, 3.63) is 65.2 Å². The number of aromatic carboxylic acids is 1. The van der Waals surface area contributed by atoms with Gasteiger partial charge in [-0.15, -0.1) is 0 Å². The molecule has 0 radical (unpaired) electrons. The maximum atomic E-state index is 11.0. The highest BCUT2D eigenvalue weighted by atomic mass is 16.5. The van der Waals surface area contributed by atoms with Gasteiger partial charge in [0.15, 0.2) is 0 Å². The number of carboxylic acids is 1. The molecule has 6 heteroatoms. The molecule has 0 bridgehead atoms. The fraction of sp³-hybridized carbons (Fsp3) is 0.417. The molecule has 6 nitrogen and oxygen atoms in total. The molecule has 0 aliphatic carbocycles. The summed E-state index contributed by atoms with van der Waals surface area (Å²) in [6.07, 6.45) is 2.88. The van der Waals surface area contributed by atoms with E-state index in [9.17, 15) is 4.79 Å². The number of carbonyl (C=O) groups is 1. The summed E-state index contributed by atoms with van der Waals surface area (Å²) >= 11 is 0. The van der Waals surface area contributed by atoms with E-state index in [0.29, 0.717) is 11.1 Å². The van der Waals surface area contributed by atoms with Crippen LogP contribution in [0.1, 0.15) is 34.3 Å². The highest BCUT2D eigenvalue weighted by molar-refractivity contribution is 5.88. The van der Waals surface area contributed by atoms with Crippen molar-refractivity contribution in [2.75, 3.05) is 45.2 Å². The Balaban J connectivity index is 1.52. The third-order valence-corrected chi connectivity index (χ3v) is 6.08. The first-order chi connectivity index (χ1) is 14.4. The van der Waals surface area contributed by atoms with Crippen LogP contribution in [0.4, 0.5) is 5.69 Å². The van der Waals surface area contributed by atoms with E-state index in [2.05, 4.69) is 15.9 Å². The smallest absolute Gasteiger partial charge is 0.335 e. The van der Waals surface area contributed by atoms with Gasteiger partial charge in [-0.3, -0.25) is 0 Å². The summed E-state index contributed by atoms with van der Waals surface area (Å²) in [5.74, 6) is -0.911. The van der Waals surface area contributed by atoms with E-state index in [1.807, 2.05) is 43.4 Å². The van der Waals surface area contributed by atoms with Crippen LogP contribution in [-0.2, 0) is 11.2 Å². The van der Waals surface area contributed by atoms with Crippen LogP contribution in [0, 0.1) is 11.3 Å². The number of carboxylic acid groups (broad SMARTS) is 1. The second-order valence-electron chi connectivity index (χ2n) is 8.00. The van der Waals surface area contributed by atoms with Crippen molar-refractivity contribution >= 4 is 11.7 Å². The average molecular weight is 408 g/mol. The van der Waals surface area contributed by atoms with Crippen LogP contribution in [0.25, 0.3) is 0 Å². The molecule has 0 unspecified atom stereocenters. The fourth-order valence-corrected chi connectivity index (χ4v) is 4.03. The van der Waals surface area contributed by atoms with Gasteiger partial charge in [-0.2, -0.15) is 5.26 Å². The number of hydrogen-bond acceptors (Lipinski definition) is 5. The number of benzene rings is 2. The molecule has 0 amide bonds. The van der Waals surface area contributed by atoms with Gasteiger partial charge >= 0.3 is 5.97 Å². The largest absolute Gasteiger partial charge is 0.478 e. The molecule has 1 heterocycles. The second-order valence-corrected chi connectivity index (χ2v) is 8.00. The Bertz CT molecular complexity index is 879. The normalized spacial score (nSPS) is 16.0. The first-order valence-electron chi connectivity index (χ1n) is 10.3. The monoisotopic (exact) mass is 407 g/mol. The van der Waals surface area contributed by atoms with Gasteiger partial charge in [0.25, 0.3) is 0 Å². The zero-order valence-electron chi connectivity index (χ0n) is 17.7. The maximum absolute atomic E-state index is 11.0. The molecule has 2 aromatic rings. The van der Waals surface area contributed by atoms with Crippen LogP contribution in [0.15, 0.2) is 48.5 Å². The van der Waals surface area contributed by atoms with Crippen LogP contribution in [0.3, 0.4) is 0 Å². The van der Waals surface area contributed by atoms with Crippen molar-refractivity contribution in [2.45, 2.75) is 24.9 Å². The van der Waals surface area contributed by atoms with Crippen molar-refractivity contribution < 1.29 is 14.6 Å². The summed E-state index contributed by atoms with van der Waals surface area (Å²) < 4.78 is 5.98. The number of piperidine rings is 1. The number of rotatable bonds is 8. The van der Waals surface area contributed by atoms with Gasteiger partial charge in [-0.1, -0.05) is 12.1 Å². The molecule has 1 aliphatic heterocycles. The molecule has 0 atom stereocenters. The number of hydrogen-bond donors (Lipinski definition) is 1. The number of nitrogens with zero attached hydrogens (tertiary/aromatic N) is 3. The summed E-state index contributed by atoms with van der Waals surface area (Å²) in [5.41, 5.74) is 3.03. The van der Waals surface area contributed by atoms with Crippen LogP contribution in [0.2, 0.25) is 0 Å². The zero-order chi connectivity index (χ0) is 21.6. The van der Waals surface area contributed by atoms with Crippen molar-refractivity contribution in [2.24, 2.45) is 0 Å². The molecule has 0 spiro atoms. The van der Waals surface area contributed by atoms with Gasteiger partial charge in [0.05, 0.1) is 22.8 Å². The van der Waals surface area contributed by atoms with Crippen molar-refractivity contribution in [1.29, 1.82) is 5.26 Å². The Morgan fingerprint density at radius 3 is 2.33 bits per heavy atom. The van der Waals surface area contributed by atoms with E-state index >= 15 is 0 Å². The van der Waals surface area contributed by atoms with Gasteiger partial charge in [-0.25, -0.2) is 4.79 Å². The third-order valence-electron chi connectivity index (χ3n) is 6.08. The molecular weight excluding hydrogens is 378 g/mol. The van der Waals surface area contributed by atoms with Gasteiger partial charge in [-0.05, 0) is 61.2 Å². The van der Waals surface area contributed by atoms with Gasteiger partial charge < -0.3 is 19.6 Å². The number of anilines is 1. The molecular formula is C24H29N3O3. The quantitative estimate of drug-likeness (QED) is 0.723. The molecule has 1 aliphatic rings. The fourth-order valence-electron chi connectivity index (χ4n) is 4.03. The third kappa shape index (κ3) is 5.38. The van der Waals surface area contributed by atoms with Crippen molar-refractivity contribution in [1.82, 2.24) is 4.90 Å². The lowest BCUT2D eigenvalue weighted by molar-refractivity contribution is -0.0500. The minimum Gasteiger partial charge on any atom is -0.478 e. The zero-order valence-corrected chi connectivity index (χ0v) is 17.7. The average Bonchev–Trinajstić information content (AvgIpc) is 2.79. The van der Waals surface area contributed by atoms with E-state index in [0.717, 1.165) is 51.1 Å². The summed E-state index contributed by atoms with van der Waals surface area (Å²) in [4.78, 5) is 15.7. The van der Waals surface area contributed by atoms with Crippen LogP contribution in [0.5, 0.6) is 0 Å². The molecule has 1 N–H and O–H groups in total. The summed E-state index contributed by atoms with van der Waals surface area (Å²) in [6, 6.07) is 16.9. The van der Waals surface area contributed by atoms with Crippen LogP contribution < -0.4 is 4.90 Å². The molecule has 158 valence electrons. The van der Waals surface area contributed by atoms with E-state index in [1.165, 1.54) is 5.56 Å². The summed E-state index contributed by atoms with van der Waals surface area (Å²) in [6.45, 7) is 3.73. The van der Waals surface area contributed by atoms with Gasteiger partial charge in [0.1, 0.15) is 0 Å². The topological polar surface area (TPSA) is 76.8 Å². The van der Waals surface area contributed by atoms with E-state index < -0.39 is 5.97 Å². The lowest BCUT2D eigenvalue weighted by atomic mass is 9.90. The Morgan fingerprint density at radius 2 is 1.80 bits per heavy atom. The lowest BCUT2D eigenvalue weighted by Crippen LogP contribution is -2.51. The molecule has 30 heavy (non-hydrogen) atoms. The maximum Gasteiger partial charge on any atom is 0.335 e. The van der Waals surface area contributed by atoms with Gasteiger partial charge in [0, 0.05) is 46.0 Å². The van der Waals surface area contributed by atoms with E-state index in [1.54, 1.807) is 19.2 Å². The summed E-state index contributed by atoms with van der Waals surface area (Å²) in [5, 5.41) is 18.0. The minimum absolute atomic E-state index is 0.203. The Hall–Kier alpha value is -2.88. The van der Waals surface area contributed by atoms with Crippen molar-refractivity contribution in [3.63, 3.8) is 0 Å². The van der Waals surface area contributed by atoms with Crippen LogP contribution >= 0.6 is 0 Å². The number of likely N-dealkylation sites (tertiary alicyclic amines) is 1. The predicted molar refractivity (Wildman–Crippen MR) is 117 cm³/mol. The summed E-state index contributed by atoms with van der Waals surface area (Å²) in [7, 11) is 3.81. The number of methoxy groups -OCH3 is 1. The number of likely N-dealkylation sites (N-methyl/N-ethyl adjacent to an activating group) is 1. The molecule has 2 aromatic carbocycles. The van der Waals surface area contributed by atoms with Crippen molar-refractivity contribution in [3.8, 4) is 6.07 Å². The van der Waals surface area contributed by atoms with E-state index in [4.69, 9.17) is 15.1 Å². The Labute approximate surface area is 178 Å². The second kappa shape index (κ2) is 9.75. The number of ether oxygens (including phenoxy) is 1. The Kier molecular flexibility index (Phi) is 7.09. The predicted octanol–water partition coefficient (Wildman–Crippen LogP) is 3.42. The molecule has 1 fully saturated rings. The SMILES string of the molecule is COC1(CN(C)c2ccc(C(=O)O)cc2)CCN(CCc2ccc(C#N)cc2)CC1. The van der Waals surface area contributed by atoms with Gasteiger partial charge in [0.2, 0.25) is 0 Å².